The molecule has 1 heterocycles. The third-order valence-corrected chi connectivity index (χ3v) is 3.98. The van der Waals surface area contributed by atoms with E-state index in [1.165, 1.54) is 11.1 Å². The predicted octanol–water partition coefficient (Wildman–Crippen LogP) is 1.85. The van der Waals surface area contributed by atoms with Crippen LogP contribution in [0.2, 0.25) is 0 Å². The highest BCUT2D eigenvalue weighted by molar-refractivity contribution is 5.43. The number of anilines is 1. The van der Waals surface area contributed by atoms with Crippen LogP contribution in [0.5, 0.6) is 5.75 Å². The number of aromatic nitrogens is 2. The molecule has 1 aliphatic rings. The molecular formula is C16H21N3O2. The van der Waals surface area contributed by atoms with Gasteiger partial charge in [-0.15, -0.1) is 0 Å². The minimum atomic E-state index is 0.109. The average molecular weight is 287 g/mol. The van der Waals surface area contributed by atoms with Gasteiger partial charge in [0, 0.05) is 12.2 Å². The standard InChI is InChI=1S/C16H21N3O2/c1-21-16-5-3-12-2-4-14(8-13(12)9-16)18-15-10-17-19(11-15)6-7-20/h3,5,9-11,14,18,20H,2,4,6-8H2,1H3. The minimum Gasteiger partial charge on any atom is -0.497 e. The smallest absolute Gasteiger partial charge is 0.119 e. The summed E-state index contributed by atoms with van der Waals surface area (Å²) in [6.45, 7) is 0.643. The molecule has 1 aromatic heterocycles. The molecule has 0 saturated carbocycles. The van der Waals surface area contributed by atoms with E-state index in [9.17, 15) is 0 Å². The Morgan fingerprint density at radius 1 is 1.43 bits per heavy atom. The number of aliphatic hydroxyl groups excluding tert-OH is 1. The first-order chi connectivity index (χ1) is 10.3. The van der Waals surface area contributed by atoms with Gasteiger partial charge in [-0.2, -0.15) is 5.10 Å². The summed E-state index contributed by atoms with van der Waals surface area (Å²) in [4.78, 5) is 0. The Kier molecular flexibility index (Phi) is 4.10. The lowest BCUT2D eigenvalue weighted by Gasteiger charge is -2.26. The molecule has 2 aromatic rings. The van der Waals surface area contributed by atoms with Gasteiger partial charge in [0.2, 0.25) is 0 Å². The topological polar surface area (TPSA) is 59.3 Å². The van der Waals surface area contributed by atoms with E-state index in [1.807, 2.05) is 18.5 Å². The van der Waals surface area contributed by atoms with Crippen molar-refractivity contribution in [3.05, 3.63) is 41.7 Å². The summed E-state index contributed by atoms with van der Waals surface area (Å²) in [5.74, 6) is 0.921. The number of nitrogens with one attached hydrogen (secondary N) is 1. The summed E-state index contributed by atoms with van der Waals surface area (Å²) < 4.78 is 7.06. The van der Waals surface area contributed by atoms with Crippen molar-refractivity contribution in [3.63, 3.8) is 0 Å². The zero-order chi connectivity index (χ0) is 14.7. The van der Waals surface area contributed by atoms with Gasteiger partial charge in [0.25, 0.3) is 0 Å². The number of benzene rings is 1. The van der Waals surface area contributed by atoms with E-state index in [0.717, 1.165) is 30.7 Å². The van der Waals surface area contributed by atoms with Gasteiger partial charge >= 0.3 is 0 Å². The highest BCUT2D eigenvalue weighted by Crippen LogP contribution is 2.27. The molecule has 5 heteroatoms. The lowest BCUT2D eigenvalue weighted by molar-refractivity contribution is 0.269. The Hall–Kier alpha value is -2.01. The second-order valence-corrected chi connectivity index (χ2v) is 5.43. The van der Waals surface area contributed by atoms with Crippen molar-refractivity contribution in [1.29, 1.82) is 0 Å². The van der Waals surface area contributed by atoms with E-state index in [0.29, 0.717) is 12.6 Å². The van der Waals surface area contributed by atoms with Gasteiger partial charge in [-0.1, -0.05) is 6.07 Å². The largest absolute Gasteiger partial charge is 0.497 e. The van der Waals surface area contributed by atoms with Crippen molar-refractivity contribution in [1.82, 2.24) is 9.78 Å². The van der Waals surface area contributed by atoms with Gasteiger partial charge in [0.15, 0.2) is 0 Å². The predicted molar refractivity (Wildman–Crippen MR) is 81.7 cm³/mol. The number of nitrogens with zero attached hydrogens (tertiary/aromatic N) is 2. The van der Waals surface area contributed by atoms with Crippen molar-refractivity contribution in [2.45, 2.75) is 31.8 Å². The second-order valence-electron chi connectivity index (χ2n) is 5.43. The van der Waals surface area contributed by atoms with Crippen LogP contribution in [0.25, 0.3) is 0 Å². The molecule has 0 radical (unpaired) electrons. The molecule has 0 spiro atoms. The van der Waals surface area contributed by atoms with E-state index in [2.05, 4.69) is 22.5 Å². The Balaban J connectivity index is 1.67. The Morgan fingerprint density at radius 3 is 3.14 bits per heavy atom. The lowest BCUT2D eigenvalue weighted by atomic mass is 9.88. The van der Waals surface area contributed by atoms with Crippen LogP contribution in [0.15, 0.2) is 30.6 Å². The summed E-state index contributed by atoms with van der Waals surface area (Å²) in [7, 11) is 1.70. The first kappa shape index (κ1) is 13.9. The molecule has 112 valence electrons. The van der Waals surface area contributed by atoms with Gasteiger partial charge in [-0.3, -0.25) is 4.68 Å². The quantitative estimate of drug-likeness (QED) is 0.881. The van der Waals surface area contributed by atoms with Crippen LogP contribution in [0.4, 0.5) is 5.69 Å². The van der Waals surface area contributed by atoms with Crippen LogP contribution in [0.3, 0.4) is 0 Å². The summed E-state index contributed by atoms with van der Waals surface area (Å²) in [5.41, 5.74) is 3.80. The highest BCUT2D eigenvalue weighted by atomic mass is 16.5. The fourth-order valence-corrected chi connectivity index (χ4v) is 2.88. The molecule has 0 fully saturated rings. The van der Waals surface area contributed by atoms with Crippen LogP contribution in [-0.2, 0) is 19.4 Å². The normalized spacial score (nSPS) is 17.3. The maximum absolute atomic E-state index is 8.92. The number of aliphatic hydroxyl groups is 1. The fourth-order valence-electron chi connectivity index (χ4n) is 2.88. The van der Waals surface area contributed by atoms with Crippen molar-refractivity contribution in [2.24, 2.45) is 0 Å². The molecule has 0 saturated heterocycles. The van der Waals surface area contributed by atoms with Gasteiger partial charge in [0.05, 0.1) is 32.1 Å². The van der Waals surface area contributed by atoms with E-state index in [-0.39, 0.29) is 6.61 Å². The van der Waals surface area contributed by atoms with Crippen LogP contribution in [0, 0.1) is 0 Å². The molecule has 3 rings (SSSR count). The molecule has 0 amide bonds. The maximum Gasteiger partial charge on any atom is 0.119 e. The Labute approximate surface area is 124 Å². The van der Waals surface area contributed by atoms with Crippen LogP contribution >= 0.6 is 0 Å². The number of aryl methyl sites for hydroxylation is 1. The minimum absolute atomic E-state index is 0.109. The number of methoxy groups -OCH3 is 1. The van der Waals surface area contributed by atoms with Crippen LogP contribution in [-0.4, -0.2) is 34.6 Å². The van der Waals surface area contributed by atoms with Gasteiger partial charge < -0.3 is 15.2 Å². The molecule has 1 aromatic carbocycles. The molecule has 0 bridgehead atoms. The molecule has 21 heavy (non-hydrogen) atoms. The van der Waals surface area contributed by atoms with Crippen molar-refractivity contribution in [2.75, 3.05) is 19.0 Å². The third kappa shape index (κ3) is 3.19. The first-order valence-corrected chi connectivity index (χ1v) is 7.34. The Bertz CT molecular complexity index is 609. The molecule has 0 aliphatic heterocycles. The van der Waals surface area contributed by atoms with Crippen molar-refractivity contribution >= 4 is 5.69 Å². The summed E-state index contributed by atoms with van der Waals surface area (Å²) in [5, 5.41) is 16.7. The molecule has 2 N–H and O–H groups in total. The van der Waals surface area contributed by atoms with Crippen LogP contribution < -0.4 is 10.1 Å². The van der Waals surface area contributed by atoms with E-state index >= 15 is 0 Å². The van der Waals surface area contributed by atoms with E-state index in [4.69, 9.17) is 9.84 Å². The molecular weight excluding hydrogens is 266 g/mol. The van der Waals surface area contributed by atoms with E-state index in [1.54, 1.807) is 11.8 Å². The van der Waals surface area contributed by atoms with Gasteiger partial charge in [-0.25, -0.2) is 0 Å². The van der Waals surface area contributed by atoms with Crippen molar-refractivity contribution in [3.8, 4) is 5.75 Å². The maximum atomic E-state index is 8.92. The van der Waals surface area contributed by atoms with E-state index < -0.39 is 0 Å². The van der Waals surface area contributed by atoms with Gasteiger partial charge in [-0.05, 0) is 42.5 Å². The molecule has 1 aliphatic carbocycles. The zero-order valence-corrected chi connectivity index (χ0v) is 12.2. The number of rotatable bonds is 5. The third-order valence-electron chi connectivity index (χ3n) is 3.98. The monoisotopic (exact) mass is 287 g/mol. The number of ether oxygens (including phenoxy) is 1. The van der Waals surface area contributed by atoms with Gasteiger partial charge in [0.1, 0.15) is 5.75 Å². The van der Waals surface area contributed by atoms with Crippen molar-refractivity contribution < 1.29 is 9.84 Å². The molecule has 1 atom stereocenters. The molecule has 5 nitrogen and oxygen atoms in total. The highest BCUT2D eigenvalue weighted by Gasteiger charge is 2.19. The Morgan fingerprint density at radius 2 is 2.33 bits per heavy atom. The fraction of sp³-hybridized carbons (Fsp3) is 0.438. The lowest BCUT2D eigenvalue weighted by Crippen LogP contribution is -2.27. The summed E-state index contributed by atoms with van der Waals surface area (Å²) >= 11 is 0. The number of hydrogen-bond acceptors (Lipinski definition) is 4. The SMILES string of the molecule is COc1ccc2c(c1)CC(Nc1cnn(CCO)c1)CC2. The second kappa shape index (κ2) is 6.18. The average Bonchev–Trinajstić information content (AvgIpc) is 2.94. The molecule has 1 unspecified atom stereocenters. The zero-order valence-electron chi connectivity index (χ0n) is 12.2. The summed E-state index contributed by atoms with van der Waals surface area (Å²) in [6.07, 6.45) is 6.96. The van der Waals surface area contributed by atoms with Crippen LogP contribution in [0.1, 0.15) is 17.5 Å². The number of fused-ring (bicyclic) bond motifs is 1. The first-order valence-electron chi connectivity index (χ1n) is 7.34. The number of hydrogen-bond donors (Lipinski definition) is 2. The summed E-state index contributed by atoms with van der Waals surface area (Å²) in [6, 6.07) is 6.75.